The highest BCUT2D eigenvalue weighted by molar-refractivity contribution is 5.93. The first-order valence-corrected chi connectivity index (χ1v) is 5.29. The number of carbonyl (C=O) groups excluding carboxylic acids is 1. The zero-order valence-corrected chi connectivity index (χ0v) is 10.1. The van der Waals surface area contributed by atoms with Crippen LogP contribution >= 0.6 is 0 Å². The number of hydrogen-bond donors (Lipinski definition) is 4. The van der Waals surface area contributed by atoms with E-state index in [0.29, 0.717) is 0 Å². The number of ether oxygens (including phenoxy) is 1. The number of aromatic amines is 2. The van der Waals surface area contributed by atoms with E-state index >= 15 is 0 Å². The van der Waals surface area contributed by atoms with Crippen LogP contribution in [0.3, 0.4) is 0 Å². The summed E-state index contributed by atoms with van der Waals surface area (Å²) in [7, 11) is 1.31. The summed E-state index contributed by atoms with van der Waals surface area (Å²) in [4.78, 5) is 48.3. The third-order valence-corrected chi connectivity index (χ3v) is 2.29. The van der Waals surface area contributed by atoms with Crippen LogP contribution in [0.15, 0.2) is 15.8 Å². The monoisotopic (exact) mass is 271 g/mol. The quantitative estimate of drug-likeness (QED) is 0.485. The summed E-state index contributed by atoms with van der Waals surface area (Å²) in [5.41, 5.74) is -1.82. The number of rotatable bonds is 6. The lowest BCUT2D eigenvalue weighted by atomic mass is 10.2. The van der Waals surface area contributed by atoms with Crippen LogP contribution in [-0.4, -0.2) is 46.7 Å². The molecule has 0 fully saturated rings. The van der Waals surface area contributed by atoms with Gasteiger partial charge in [-0.15, -0.1) is 0 Å². The Balaban J connectivity index is 2.67. The van der Waals surface area contributed by atoms with Crippen molar-refractivity contribution in [1.29, 1.82) is 0 Å². The first kappa shape index (κ1) is 14.6. The standard InChI is InChI=1S/C10H13N3O6/c1-19-5(2-7(14)15)3-11-8(16)6-4-12-10(18)13-9(6)17/h4-5H,2-3H2,1H3,(H,11,16)(H,14,15)(H2,12,13,17,18). The third kappa shape index (κ3) is 4.39. The lowest BCUT2D eigenvalue weighted by Gasteiger charge is -2.13. The van der Waals surface area contributed by atoms with Crippen LogP contribution in [0.2, 0.25) is 0 Å². The Morgan fingerprint density at radius 1 is 1.47 bits per heavy atom. The van der Waals surface area contributed by atoms with Gasteiger partial charge in [0.15, 0.2) is 0 Å². The minimum Gasteiger partial charge on any atom is -0.481 e. The van der Waals surface area contributed by atoms with Gasteiger partial charge in [0.1, 0.15) is 5.56 Å². The fourth-order valence-electron chi connectivity index (χ4n) is 1.31. The van der Waals surface area contributed by atoms with Crippen molar-refractivity contribution in [1.82, 2.24) is 15.3 Å². The molecule has 1 heterocycles. The molecule has 0 bridgehead atoms. The van der Waals surface area contributed by atoms with Gasteiger partial charge < -0.3 is 20.1 Å². The van der Waals surface area contributed by atoms with Crippen molar-refractivity contribution in [3.8, 4) is 0 Å². The Morgan fingerprint density at radius 2 is 2.16 bits per heavy atom. The molecule has 1 rings (SSSR count). The maximum absolute atomic E-state index is 11.6. The van der Waals surface area contributed by atoms with Crippen molar-refractivity contribution in [3.63, 3.8) is 0 Å². The fraction of sp³-hybridized carbons (Fsp3) is 0.400. The molecule has 9 nitrogen and oxygen atoms in total. The summed E-state index contributed by atoms with van der Waals surface area (Å²) in [6, 6.07) is 0. The van der Waals surface area contributed by atoms with Crippen LogP contribution in [-0.2, 0) is 9.53 Å². The van der Waals surface area contributed by atoms with Gasteiger partial charge in [0, 0.05) is 19.9 Å². The molecule has 0 aliphatic carbocycles. The molecule has 1 atom stereocenters. The number of methoxy groups -OCH3 is 1. The molecule has 0 saturated carbocycles. The zero-order valence-electron chi connectivity index (χ0n) is 10.1. The van der Waals surface area contributed by atoms with Crippen LogP contribution in [0.25, 0.3) is 0 Å². The second kappa shape index (κ2) is 6.50. The second-order valence-corrected chi connectivity index (χ2v) is 3.65. The molecule has 1 aromatic rings. The predicted octanol–water partition coefficient (Wildman–Crippen LogP) is -1.72. The third-order valence-electron chi connectivity index (χ3n) is 2.29. The van der Waals surface area contributed by atoms with Crippen molar-refractivity contribution in [2.45, 2.75) is 12.5 Å². The van der Waals surface area contributed by atoms with Crippen molar-refractivity contribution in [2.24, 2.45) is 0 Å². The van der Waals surface area contributed by atoms with Gasteiger partial charge in [-0.05, 0) is 0 Å². The van der Waals surface area contributed by atoms with Crippen LogP contribution in [0, 0.1) is 0 Å². The van der Waals surface area contributed by atoms with Gasteiger partial charge in [-0.2, -0.15) is 0 Å². The van der Waals surface area contributed by atoms with Crippen molar-refractivity contribution in [2.75, 3.05) is 13.7 Å². The summed E-state index contributed by atoms with van der Waals surface area (Å²) < 4.78 is 4.86. The SMILES string of the molecule is COC(CNC(=O)c1c[nH]c(=O)[nH]c1=O)CC(=O)O. The van der Waals surface area contributed by atoms with Crippen LogP contribution in [0.4, 0.5) is 0 Å². The molecular weight excluding hydrogens is 258 g/mol. The number of amides is 1. The Hall–Kier alpha value is -2.42. The largest absolute Gasteiger partial charge is 0.481 e. The first-order chi connectivity index (χ1) is 8.93. The lowest BCUT2D eigenvalue weighted by molar-refractivity contribution is -0.139. The van der Waals surface area contributed by atoms with Crippen molar-refractivity contribution >= 4 is 11.9 Å². The Labute approximate surface area is 106 Å². The molecule has 19 heavy (non-hydrogen) atoms. The number of carbonyl (C=O) groups is 2. The number of aliphatic carboxylic acids is 1. The predicted molar refractivity (Wildman–Crippen MR) is 63.1 cm³/mol. The first-order valence-electron chi connectivity index (χ1n) is 5.29. The van der Waals surface area contributed by atoms with Crippen molar-refractivity contribution < 1.29 is 19.4 Å². The zero-order chi connectivity index (χ0) is 14.4. The minimum atomic E-state index is -1.07. The van der Waals surface area contributed by atoms with E-state index < -0.39 is 29.2 Å². The summed E-state index contributed by atoms with van der Waals surface area (Å²) in [6.45, 7) is -0.0692. The van der Waals surface area contributed by atoms with E-state index in [1.165, 1.54) is 7.11 Å². The van der Waals surface area contributed by atoms with Gasteiger partial charge in [-0.25, -0.2) is 4.79 Å². The van der Waals surface area contributed by atoms with E-state index in [1.54, 1.807) is 0 Å². The highest BCUT2D eigenvalue weighted by Crippen LogP contribution is 1.96. The van der Waals surface area contributed by atoms with Gasteiger partial charge in [0.25, 0.3) is 11.5 Å². The van der Waals surface area contributed by atoms with Crippen LogP contribution in [0.1, 0.15) is 16.8 Å². The molecule has 1 aromatic heterocycles. The molecule has 0 spiro atoms. The molecule has 0 aromatic carbocycles. The van der Waals surface area contributed by atoms with E-state index in [0.717, 1.165) is 6.20 Å². The molecule has 9 heteroatoms. The Morgan fingerprint density at radius 3 is 2.68 bits per heavy atom. The maximum Gasteiger partial charge on any atom is 0.325 e. The lowest BCUT2D eigenvalue weighted by Crippen LogP contribution is -2.38. The van der Waals surface area contributed by atoms with Crippen LogP contribution < -0.4 is 16.6 Å². The average Bonchev–Trinajstić information content (AvgIpc) is 2.33. The molecule has 4 N–H and O–H groups in total. The van der Waals surface area contributed by atoms with Gasteiger partial charge >= 0.3 is 11.7 Å². The topological polar surface area (TPSA) is 141 Å². The number of nitrogens with one attached hydrogen (secondary N) is 3. The van der Waals surface area contributed by atoms with E-state index in [9.17, 15) is 19.2 Å². The Bertz CT molecular complexity index is 575. The van der Waals surface area contributed by atoms with E-state index in [1.807, 2.05) is 4.98 Å². The van der Waals surface area contributed by atoms with Gasteiger partial charge in [-0.3, -0.25) is 19.4 Å². The molecule has 0 aliphatic rings. The highest BCUT2D eigenvalue weighted by Gasteiger charge is 2.16. The smallest absolute Gasteiger partial charge is 0.325 e. The van der Waals surface area contributed by atoms with Gasteiger partial charge in [-0.1, -0.05) is 0 Å². The number of H-pyrrole nitrogens is 2. The summed E-state index contributed by atoms with van der Waals surface area (Å²) in [6.07, 6.45) is -0.00264. The second-order valence-electron chi connectivity index (χ2n) is 3.65. The normalized spacial score (nSPS) is 11.8. The number of carboxylic acid groups (broad SMARTS) is 1. The molecule has 0 saturated heterocycles. The number of aromatic nitrogens is 2. The highest BCUT2D eigenvalue weighted by atomic mass is 16.5. The molecular formula is C10H13N3O6. The minimum absolute atomic E-state index is 0.0692. The van der Waals surface area contributed by atoms with E-state index in [-0.39, 0.29) is 18.5 Å². The van der Waals surface area contributed by atoms with Gasteiger partial charge in [0.05, 0.1) is 12.5 Å². The Kier molecular flexibility index (Phi) is 5.01. The summed E-state index contributed by atoms with van der Waals surface area (Å²) >= 11 is 0. The van der Waals surface area contributed by atoms with E-state index in [4.69, 9.17) is 9.84 Å². The molecule has 1 amide bonds. The summed E-state index contributed by atoms with van der Waals surface area (Å²) in [5.74, 6) is -1.80. The number of carboxylic acids is 1. The molecule has 0 aliphatic heterocycles. The fourth-order valence-corrected chi connectivity index (χ4v) is 1.31. The maximum atomic E-state index is 11.6. The summed E-state index contributed by atoms with van der Waals surface area (Å²) in [5, 5.41) is 10.9. The average molecular weight is 271 g/mol. The molecule has 104 valence electrons. The van der Waals surface area contributed by atoms with Gasteiger partial charge in [0.2, 0.25) is 0 Å². The van der Waals surface area contributed by atoms with Crippen molar-refractivity contribution in [3.05, 3.63) is 32.6 Å². The molecule has 0 radical (unpaired) electrons. The van der Waals surface area contributed by atoms with Crippen LogP contribution in [0.5, 0.6) is 0 Å². The van der Waals surface area contributed by atoms with E-state index in [2.05, 4.69) is 10.3 Å². The molecule has 1 unspecified atom stereocenters. The number of hydrogen-bond acceptors (Lipinski definition) is 5.